The van der Waals surface area contributed by atoms with Crippen molar-refractivity contribution in [2.75, 3.05) is 6.61 Å². The largest absolute Gasteiger partial charge is 0.481 e. The van der Waals surface area contributed by atoms with Crippen molar-refractivity contribution in [3.63, 3.8) is 0 Å². The number of hydrogen-bond acceptors (Lipinski definition) is 12. The Bertz CT molecular complexity index is 1560. The van der Waals surface area contributed by atoms with Gasteiger partial charge >= 0.3 is 5.97 Å². The first-order valence-electron chi connectivity index (χ1n) is 20.5. The Morgan fingerprint density at radius 1 is 0.818 bits per heavy atom. The van der Waals surface area contributed by atoms with E-state index in [2.05, 4.69) is 54.5 Å². The van der Waals surface area contributed by atoms with Gasteiger partial charge in [0.1, 0.15) is 42.7 Å². The number of hydrogen-bond donors (Lipinski definition) is 6. The van der Waals surface area contributed by atoms with Gasteiger partial charge < -0.3 is 49.6 Å². The Morgan fingerprint density at radius 3 is 2.18 bits per heavy atom. The lowest BCUT2D eigenvalue weighted by Crippen LogP contribution is -2.67. The van der Waals surface area contributed by atoms with E-state index in [4.69, 9.17) is 18.9 Å². The van der Waals surface area contributed by atoms with E-state index in [0.717, 1.165) is 44.9 Å². The second kappa shape index (κ2) is 13.8. The molecule has 6 fully saturated rings. The molecular formula is C42H64O13. The van der Waals surface area contributed by atoms with E-state index >= 15 is 0 Å². The summed E-state index contributed by atoms with van der Waals surface area (Å²) < 4.78 is 22.0. The Labute approximate surface area is 324 Å². The van der Waals surface area contributed by atoms with Crippen LogP contribution in [0.2, 0.25) is 0 Å². The van der Waals surface area contributed by atoms with E-state index in [1.165, 1.54) is 5.57 Å². The predicted octanol–water partition coefficient (Wildman–Crippen LogP) is 3.50. The molecule has 2 heterocycles. The van der Waals surface area contributed by atoms with Crippen molar-refractivity contribution in [2.45, 2.75) is 168 Å². The van der Waals surface area contributed by atoms with E-state index in [1.807, 2.05) is 0 Å². The fraction of sp³-hybridized carbons (Fsp3) is 0.881. The van der Waals surface area contributed by atoms with Crippen LogP contribution in [-0.2, 0) is 33.3 Å². The molecule has 13 heteroatoms. The Morgan fingerprint density at radius 2 is 1.51 bits per heavy atom. The molecule has 0 amide bonds. The van der Waals surface area contributed by atoms with Crippen molar-refractivity contribution in [1.82, 2.24) is 0 Å². The monoisotopic (exact) mass is 776 g/mol. The highest BCUT2D eigenvalue weighted by molar-refractivity contribution is 5.87. The van der Waals surface area contributed by atoms with Crippen LogP contribution in [0, 0.1) is 56.2 Å². The van der Waals surface area contributed by atoms with Gasteiger partial charge in [0.05, 0.1) is 12.0 Å². The van der Waals surface area contributed by atoms with E-state index in [-0.39, 0.29) is 46.6 Å². The third-order valence-corrected chi connectivity index (χ3v) is 17.2. The van der Waals surface area contributed by atoms with Crippen molar-refractivity contribution in [1.29, 1.82) is 0 Å². The molecule has 2 aliphatic heterocycles. The van der Waals surface area contributed by atoms with Crippen LogP contribution in [0.4, 0.5) is 0 Å². The first-order valence-corrected chi connectivity index (χ1v) is 20.5. The van der Waals surface area contributed by atoms with Crippen molar-refractivity contribution in [3.05, 3.63) is 11.6 Å². The van der Waals surface area contributed by atoms with E-state index in [9.17, 15) is 45.0 Å². The Kier molecular flexibility index (Phi) is 10.3. The molecule has 4 saturated carbocycles. The lowest BCUT2D eigenvalue weighted by molar-refractivity contribution is -0.338. The molecule has 0 spiro atoms. The number of aliphatic hydroxyl groups is 5. The minimum atomic E-state index is -1.77. The van der Waals surface area contributed by atoms with Crippen LogP contribution in [0.1, 0.15) is 113 Å². The minimum Gasteiger partial charge on any atom is -0.481 e. The van der Waals surface area contributed by atoms with Crippen LogP contribution in [0.25, 0.3) is 0 Å². The number of carbonyl (C=O) groups is 3. The number of ketones is 1. The smallest absolute Gasteiger partial charge is 0.310 e. The molecule has 0 radical (unpaired) electrons. The summed E-state index contributed by atoms with van der Waals surface area (Å²) >= 11 is 0. The van der Waals surface area contributed by atoms with Crippen LogP contribution in [-0.4, -0.2) is 111 Å². The first-order chi connectivity index (χ1) is 25.6. The number of allylic oxidation sites excluding steroid dienone is 2. The summed E-state index contributed by atoms with van der Waals surface area (Å²) in [4.78, 5) is 39.2. The number of carboxylic acids is 1. The van der Waals surface area contributed by atoms with Gasteiger partial charge in [0.25, 0.3) is 6.47 Å². The van der Waals surface area contributed by atoms with E-state index in [0.29, 0.717) is 25.2 Å². The van der Waals surface area contributed by atoms with Crippen LogP contribution >= 0.6 is 0 Å². The molecule has 0 aromatic carbocycles. The third-order valence-electron chi connectivity index (χ3n) is 17.2. The SMILES string of the molecule is CC1(C)CC[C@]2(C(=O)O)CC[C@]3(C)C(=CCC4[C@@]5(C)CC[C@H](C(=O)[C@@H]6OC(OC=O)[C@@H](O)[C@H](O[C@@H]7OC[C@@H](O)[C@H](O)C7O)C6O)C(C)(C)C5CC[C@]43C)C2C1. The molecule has 17 atom stereocenters. The van der Waals surface area contributed by atoms with Crippen molar-refractivity contribution >= 4 is 18.2 Å². The maximum absolute atomic E-state index is 14.7. The van der Waals surface area contributed by atoms with Crippen LogP contribution in [0.15, 0.2) is 11.6 Å². The van der Waals surface area contributed by atoms with Gasteiger partial charge in [0.15, 0.2) is 12.1 Å². The molecule has 0 aromatic rings. The summed E-state index contributed by atoms with van der Waals surface area (Å²) in [5, 5.41) is 64.0. The second-order valence-corrected chi connectivity index (χ2v) is 20.5. The summed E-state index contributed by atoms with van der Waals surface area (Å²) in [6, 6.07) is 0. The number of carbonyl (C=O) groups excluding carboxylic acids is 2. The average molecular weight is 777 g/mol. The summed E-state index contributed by atoms with van der Waals surface area (Å²) in [5.74, 6) is -1.15. The van der Waals surface area contributed by atoms with Crippen molar-refractivity contribution < 1.29 is 64.0 Å². The maximum Gasteiger partial charge on any atom is 0.310 e. The molecular weight excluding hydrogens is 712 g/mol. The third kappa shape index (κ3) is 6.02. The quantitative estimate of drug-likeness (QED) is 0.162. The zero-order valence-electron chi connectivity index (χ0n) is 33.5. The van der Waals surface area contributed by atoms with Gasteiger partial charge in [-0.25, -0.2) is 0 Å². The molecule has 310 valence electrons. The zero-order valence-corrected chi connectivity index (χ0v) is 33.5. The fourth-order valence-corrected chi connectivity index (χ4v) is 13.8. The van der Waals surface area contributed by atoms with Crippen LogP contribution in [0.5, 0.6) is 0 Å². The molecule has 0 bridgehead atoms. The molecule has 7 rings (SSSR count). The predicted molar refractivity (Wildman–Crippen MR) is 196 cm³/mol. The molecule has 5 aliphatic carbocycles. The van der Waals surface area contributed by atoms with Crippen molar-refractivity contribution in [3.8, 4) is 0 Å². The number of fused-ring (bicyclic) bond motifs is 7. The standard InChI is InChI=1S/C42H64O13/c1-37(2)14-16-42(36(50)51)17-15-40(6)21(23(42)18-37)8-9-26-39(5)12-10-22(38(3,4)25(39)11-13-41(26,40)7)27(45)32-30(48)33(31(49)35(54-32)53-20-43)55-34-29(47)28(46)24(44)19-52-34/h8,20,22-26,28-35,44,46-49H,9-19H2,1-7H3,(H,50,51)/t22-,23?,24-,25?,26?,28+,29?,30?,31+,32+,33-,34+,35?,39+,40-,41-,42+/m1/s1. The van der Waals surface area contributed by atoms with Gasteiger partial charge in [-0.05, 0) is 109 Å². The van der Waals surface area contributed by atoms with Gasteiger partial charge in [0, 0.05) is 5.92 Å². The number of Topliss-reactive ketones (excluding diaryl/α,β-unsaturated/α-hetero) is 1. The molecule has 13 nitrogen and oxygen atoms in total. The molecule has 55 heavy (non-hydrogen) atoms. The summed E-state index contributed by atoms with van der Waals surface area (Å²) in [6.07, 6.45) is -4.19. The minimum absolute atomic E-state index is 0.0190. The van der Waals surface area contributed by atoms with Gasteiger partial charge in [-0.3, -0.25) is 14.4 Å². The molecule has 2 saturated heterocycles. The lowest BCUT2D eigenvalue weighted by Gasteiger charge is -2.71. The maximum atomic E-state index is 14.7. The number of carboxylic acid groups (broad SMARTS) is 1. The normalized spacial score (nSPS) is 51.6. The molecule has 6 unspecified atom stereocenters. The highest BCUT2D eigenvalue weighted by Gasteiger charge is 2.70. The second-order valence-electron chi connectivity index (χ2n) is 20.5. The highest BCUT2D eigenvalue weighted by atomic mass is 16.7. The summed E-state index contributed by atoms with van der Waals surface area (Å²) in [7, 11) is 0. The van der Waals surface area contributed by atoms with Crippen LogP contribution < -0.4 is 0 Å². The molecule has 6 N–H and O–H groups in total. The summed E-state index contributed by atoms with van der Waals surface area (Å²) in [6.45, 7) is 15.7. The Hall–Kier alpha value is -1.97. The van der Waals surface area contributed by atoms with E-state index < -0.39 is 83.8 Å². The van der Waals surface area contributed by atoms with Crippen LogP contribution in [0.3, 0.4) is 0 Å². The average Bonchev–Trinajstić information content (AvgIpc) is 3.10. The van der Waals surface area contributed by atoms with Gasteiger partial charge in [-0.2, -0.15) is 0 Å². The Balaban J connectivity index is 1.15. The number of rotatable bonds is 7. The summed E-state index contributed by atoms with van der Waals surface area (Å²) in [5.41, 5.74) is -0.166. The number of aliphatic carboxylic acids is 1. The first kappa shape index (κ1) is 41.2. The molecule has 7 aliphatic rings. The number of aliphatic hydroxyl groups excluding tert-OH is 5. The highest BCUT2D eigenvalue weighted by Crippen LogP contribution is 2.76. The van der Waals surface area contributed by atoms with Gasteiger partial charge in [-0.1, -0.05) is 60.1 Å². The lowest BCUT2D eigenvalue weighted by atomic mass is 9.33. The van der Waals surface area contributed by atoms with Crippen molar-refractivity contribution in [2.24, 2.45) is 56.2 Å². The fourth-order valence-electron chi connectivity index (χ4n) is 13.8. The van der Waals surface area contributed by atoms with Gasteiger partial charge in [0.2, 0.25) is 6.29 Å². The van der Waals surface area contributed by atoms with E-state index in [1.54, 1.807) is 0 Å². The molecule has 0 aromatic heterocycles. The number of ether oxygens (including phenoxy) is 4. The van der Waals surface area contributed by atoms with Gasteiger partial charge in [-0.15, -0.1) is 0 Å². The topological polar surface area (TPSA) is 210 Å². The zero-order chi connectivity index (χ0) is 40.3.